The Morgan fingerprint density at radius 2 is 2.11 bits per heavy atom. The van der Waals surface area contributed by atoms with Crippen LogP contribution in [0.2, 0.25) is 0 Å². The molecule has 0 aliphatic heterocycles. The van der Waals surface area contributed by atoms with E-state index in [1.54, 1.807) is 12.3 Å². The van der Waals surface area contributed by atoms with Gasteiger partial charge in [-0.3, -0.25) is 9.52 Å². The number of hydrogen-bond acceptors (Lipinski definition) is 7. The molecule has 2 aromatic rings. The fourth-order valence-electron chi connectivity index (χ4n) is 2.83. The molecule has 0 saturated carbocycles. The Hall–Kier alpha value is -2.39. The van der Waals surface area contributed by atoms with E-state index in [1.807, 2.05) is 31.0 Å². The minimum absolute atomic E-state index is 0.347. The molecule has 2 aromatic heterocycles. The predicted molar refractivity (Wildman–Crippen MR) is 105 cm³/mol. The molecule has 0 fully saturated rings. The van der Waals surface area contributed by atoms with Crippen molar-refractivity contribution < 1.29 is 22.4 Å². The summed E-state index contributed by atoms with van der Waals surface area (Å²) in [6.45, 7) is 2.40. The maximum atomic E-state index is 12.4. The third-order valence-electron chi connectivity index (χ3n) is 3.98. The van der Waals surface area contributed by atoms with Crippen molar-refractivity contribution in [1.82, 2.24) is 14.6 Å². The topological polar surface area (TPSA) is 102 Å². The number of nitrogens with one attached hydrogen (secondary N) is 1. The van der Waals surface area contributed by atoms with Crippen molar-refractivity contribution in [3.63, 3.8) is 0 Å². The number of carbonyl (C=O) groups is 1. The van der Waals surface area contributed by atoms with Crippen molar-refractivity contribution in [2.45, 2.75) is 38.0 Å². The van der Waals surface area contributed by atoms with Crippen LogP contribution in [-0.2, 0) is 21.4 Å². The van der Waals surface area contributed by atoms with Gasteiger partial charge in [-0.15, -0.1) is 0 Å². The summed E-state index contributed by atoms with van der Waals surface area (Å²) in [6, 6.07) is 5.44. The highest BCUT2D eigenvalue weighted by Crippen LogP contribution is 2.27. The number of rotatable bonds is 11. The van der Waals surface area contributed by atoms with Crippen molar-refractivity contribution in [2.24, 2.45) is 0 Å². The molecule has 0 aliphatic rings. The van der Waals surface area contributed by atoms with Crippen LogP contribution in [0, 0.1) is 0 Å². The summed E-state index contributed by atoms with van der Waals surface area (Å²) in [5, 5.41) is -0.850. The molecule has 154 valence electrons. The zero-order chi connectivity index (χ0) is 20.6. The van der Waals surface area contributed by atoms with E-state index >= 15 is 0 Å². The normalized spacial score (nSPS) is 12.7. The highest BCUT2D eigenvalue weighted by atomic mass is 32.2. The van der Waals surface area contributed by atoms with Crippen LogP contribution in [0.5, 0.6) is 5.88 Å². The summed E-state index contributed by atoms with van der Waals surface area (Å²) in [5.74, 6) is -0.0582. The lowest BCUT2D eigenvalue weighted by atomic mass is 10.1. The Bertz CT molecular complexity index is 850. The second-order valence-corrected chi connectivity index (χ2v) is 8.70. The second-order valence-electron chi connectivity index (χ2n) is 6.83. The van der Waals surface area contributed by atoms with Gasteiger partial charge in [0, 0.05) is 31.3 Å². The maximum absolute atomic E-state index is 12.4. The summed E-state index contributed by atoms with van der Waals surface area (Å²) >= 11 is 0. The minimum Gasteiger partial charge on any atom is -0.478 e. The van der Waals surface area contributed by atoms with Gasteiger partial charge < -0.3 is 14.1 Å². The van der Waals surface area contributed by atoms with Gasteiger partial charge in [0.1, 0.15) is 5.25 Å². The molecule has 2 heterocycles. The number of hydrogen-bond donors (Lipinski definition) is 1. The number of carbonyl (C=O) groups excluding carboxylic acids is 1. The summed E-state index contributed by atoms with van der Waals surface area (Å²) in [6.07, 6.45) is 6.13. The number of sulfonamides is 1. The molecule has 0 aromatic carbocycles. The smallest absolute Gasteiger partial charge is 0.242 e. The summed E-state index contributed by atoms with van der Waals surface area (Å²) in [7, 11) is 0.166. The third kappa shape index (κ3) is 6.97. The average Bonchev–Trinajstić information content (AvgIpc) is 3.10. The van der Waals surface area contributed by atoms with E-state index in [4.69, 9.17) is 9.15 Å². The number of amides is 1. The van der Waals surface area contributed by atoms with Crippen molar-refractivity contribution in [3.8, 4) is 5.88 Å². The predicted octanol–water partition coefficient (Wildman–Crippen LogP) is 2.49. The Morgan fingerprint density at radius 1 is 1.32 bits per heavy atom. The first kappa shape index (κ1) is 21.9. The van der Waals surface area contributed by atoms with Crippen LogP contribution in [0.4, 0.5) is 0 Å². The lowest BCUT2D eigenvalue weighted by Gasteiger charge is -2.16. The molecule has 28 heavy (non-hydrogen) atoms. The van der Waals surface area contributed by atoms with Crippen LogP contribution < -0.4 is 9.46 Å². The van der Waals surface area contributed by atoms with E-state index in [1.165, 1.54) is 19.5 Å². The van der Waals surface area contributed by atoms with Gasteiger partial charge in [-0.25, -0.2) is 13.4 Å². The van der Waals surface area contributed by atoms with E-state index in [0.29, 0.717) is 37.3 Å². The van der Waals surface area contributed by atoms with Gasteiger partial charge in [0.2, 0.25) is 21.8 Å². The molecule has 1 atom stereocenters. The number of furan rings is 1. The van der Waals surface area contributed by atoms with Gasteiger partial charge in [-0.1, -0.05) is 0 Å². The SMILES string of the molecule is CC(=O)NS(=O)(=O)C(CCCCOc1cc(CN(C)C)ccn1)c1ccoc1. The van der Waals surface area contributed by atoms with Crippen molar-refractivity contribution in [3.05, 3.63) is 48.0 Å². The van der Waals surface area contributed by atoms with Crippen LogP contribution in [0.15, 0.2) is 41.3 Å². The fourth-order valence-corrected chi connectivity index (χ4v) is 4.34. The largest absolute Gasteiger partial charge is 0.478 e. The van der Waals surface area contributed by atoms with Crippen LogP contribution in [0.25, 0.3) is 0 Å². The van der Waals surface area contributed by atoms with Crippen LogP contribution in [-0.4, -0.2) is 44.9 Å². The quantitative estimate of drug-likeness (QED) is 0.569. The average molecular weight is 410 g/mol. The van der Waals surface area contributed by atoms with Gasteiger partial charge >= 0.3 is 0 Å². The van der Waals surface area contributed by atoms with Crippen molar-refractivity contribution in [2.75, 3.05) is 20.7 Å². The molecule has 1 amide bonds. The summed E-state index contributed by atoms with van der Waals surface area (Å²) < 4.78 is 37.6. The molecule has 0 spiro atoms. The Morgan fingerprint density at radius 3 is 2.75 bits per heavy atom. The number of ether oxygens (including phenoxy) is 1. The number of aromatic nitrogens is 1. The fraction of sp³-hybridized carbons (Fsp3) is 0.474. The molecule has 0 bridgehead atoms. The first-order chi connectivity index (χ1) is 13.3. The standard InChI is InChI=1S/C19H27N3O5S/c1-15(23)21-28(24,25)18(17-8-11-26-14-17)6-4-5-10-27-19-12-16(7-9-20-19)13-22(2)3/h7-9,11-12,14,18H,4-6,10,13H2,1-3H3,(H,21,23). The molecular formula is C19H27N3O5S. The minimum atomic E-state index is -3.82. The zero-order valence-electron chi connectivity index (χ0n) is 16.4. The van der Waals surface area contributed by atoms with Crippen molar-refractivity contribution in [1.29, 1.82) is 0 Å². The van der Waals surface area contributed by atoms with E-state index < -0.39 is 21.2 Å². The second kappa shape index (κ2) is 10.2. The first-order valence-electron chi connectivity index (χ1n) is 9.04. The molecule has 1 unspecified atom stereocenters. The van der Waals surface area contributed by atoms with Gasteiger partial charge in [-0.05, 0) is 51.1 Å². The lowest BCUT2D eigenvalue weighted by molar-refractivity contribution is -0.117. The van der Waals surface area contributed by atoms with Gasteiger partial charge in [-0.2, -0.15) is 0 Å². The van der Waals surface area contributed by atoms with E-state index in [2.05, 4.69) is 9.88 Å². The first-order valence-corrected chi connectivity index (χ1v) is 10.6. The zero-order valence-corrected chi connectivity index (χ0v) is 17.2. The molecule has 9 heteroatoms. The van der Waals surface area contributed by atoms with Crippen LogP contribution in [0.3, 0.4) is 0 Å². The molecule has 8 nitrogen and oxygen atoms in total. The molecular weight excluding hydrogens is 382 g/mol. The monoisotopic (exact) mass is 409 g/mol. The van der Waals surface area contributed by atoms with E-state index in [0.717, 1.165) is 12.1 Å². The third-order valence-corrected chi connectivity index (χ3v) is 5.81. The molecule has 0 saturated heterocycles. The highest BCUT2D eigenvalue weighted by molar-refractivity contribution is 7.90. The molecule has 0 radical (unpaired) electrons. The van der Waals surface area contributed by atoms with E-state index in [-0.39, 0.29) is 0 Å². The lowest BCUT2D eigenvalue weighted by Crippen LogP contribution is -2.32. The van der Waals surface area contributed by atoms with Crippen molar-refractivity contribution >= 4 is 15.9 Å². The maximum Gasteiger partial charge on any atom is 0.242 e. The Balaban J connectivity index is 1.87. The number of nitrogens with zero attached hydrogens (tertiary/aromatic N) is 2. The summed E-state index contributed by atoms with van der Waals surface area (Å²) in [5.41, 5.74) is 1.63. The molecule has 1 N–H and O–H groups in total. The van der Waals surface area contributed by atoms with Gasteiger partial charge in [0.05, 0.1) is 19.1 Å². The summed E-state index contributed by atoms with van der Waals surface area (Å²) in [4.78, 5) is 17.5. The van der Waals surface area contributed by atoms with Gasteiger partial charge in [0.15, 0.2) is 0 Å². The van der Waals surface area contributed by atoms with E-state index in [9.17, 15) is 13.2 Å². The van der Waals surface area contributed by atoms with Crippen LogP contribution >= 0.6 is 0 Å². The number of pyridine rings is 1. The Labute approximate surface area is 165 Å². The number of unbranched alkanes of at least 4 members (excludes halogenated alkanes) is 1. The highest BCUT2D eigenvalue weighted by Gasteiger charge is 2.28. The van der Waals surface area contributed by atoms with Gasteiger partial charge in [0.25, 0.3) is 0 Å². The molecule has 0 aliphatic carbocycles. The Kier molecular flexibility index (Phi) is 8.01. The van der Waals surface area contributed by atoms with Crippen LogP contribution in [0.1, 0.15) is 42.6 Å². The molecule has 2 rings (SSSR count).